The van der Waals surface area contributed by atoms with E-state index in [4.69, 9.17) is 14.2 Å². The van der Waals surface area contributed by atoms with Crippen LogP contribution in [0, 0.1) is 30.8 Å². The number of carbonyl (C=O) groups is 3. The molecule has 12 heteroatoms. The van der Waals surface area contributed by atoms with Crippen LogP contribution in [0.15, 0.2) is 41.3 Å². The molecule has 0 amide bonds. The summed E-state index contributed by atoms with van der Waals surface area (Å²) in [5.74, 6) is -3.84. The predicted molar refractivity (Wildman–Crippen MR) is 157 cm³/mol. The highest BCUT2D eigenvalue weighted by Gasteiger charge is 2.70. The molecule has 0 spiro atoms. The number of rotatable bonds is 6. The molecule has 1 N–H and O–H groups in total. The lowest BCUT2D eigenvalue weighted by Gasteiger charge is -2.30. The number of esters is 3. The van der Waals surface area contributed by atoms with Crippen molar-refractivity contribution in [2.45, 2.75) is 61.5 Å². The maximum absolute atomic E-state index is 13.6. The molecule has 6 rings (SSSR count). The van der Waals surface area contributed by atoms with Crippen molar-refractivity contribution in [3.63, 3.8) is 0 Å². The highest BCUT2D eigenvalue weighted by atomic mass is 127. The van der Waals surface area contributed by atoms with Gasteiger partial charge in [-0.2, -0.15) is 8.42 Å². The molecule has 2 aromatic carbocycles. The van der Waals surface area contributed by atoms with Crippen molar-refractivity contribution < 1.29 is 41.6 Å². The van der Waals surface area contributed by atoms with Crippen LogP contribution in [0.2, 0.25) is 0 Å². The van der Waals surface area contributed by atoms with Gasteiger partial charge in [0.05, 0.1) is 22.3 Å². The molecule has 3 saturated carbocycles. The molecule has 3 aliphatic carbocycles. The van der Waals surface area contributed by atoms with Crippen molar-refractivity contribution in [1.82, 2.24) is 0 Å². The van der Waals surface area contributed by atoms with E-state index in [1.165, 1.54) is 18.2 Å². The van der Waals surface area contributed by atoms with Crippen molar-refractivity contribution in [2.75, 3.05) is 0 Å². The molecule has 2 aromatic rings. The normalized spacial score (nSPS) is 29.3. The minimum atomic E-state index is -4.46. The molecule has 40 heavy (non-hydrogen) atoms. The Balaban J connectivity index is 1.26. The van der Waals surface area contributed by atoms with Crippen LogP contribution >= 0.6 is 45.2 Å². The highest BCUT2D eigenvalue weighted by Crippen LogP contribution is 2.59. The number of ether oxygens (including phenoxy) is 3. The third kappa shape index (κ3) is 4.96. The van der Waals surface area contributed by atoms with Crippen LogP contribution in [0.4, 0.5) is 0 Å². The van der Waals surface area contributed by atoms with Gasteiger partial charge in [0, 0.05) is 19.0 Å². The average Bonchev–Trinajstić information content (AvgIpc) is 3.52. The van der Waals surface area contributed by atoms with Gasteiger partial charge in [0.2, 0.25) is 0 Å². The summed E-state index contributed by atoms with van der Waals surface area (Å²) in [5.41, 5.74) is 0.861. The molecule has 2 bridgehead atoms. The van der Waals surface area contributed by atoms with Crippen LogP contribution in [0.1, 0.15) is 60.4 Å². The summed E-state index contributed by atoms with van der Waals surface area (Å²) in [6.45, 7) is 0. The van der Waals surface area contributed by atoms with Gasteiger partial charge in [0.1, 0.15) is 18.0 Å². The SMILES string of the molecule is O=C(OC1C2CC3C1OC(=O)C3C2C(=O)Oc1ccc(S(=O)(=O)O)c(C2CCCCC2)c1)c1c(I)cccc1I. The summed E-state index contributed by atoms with van der Waals surface area (Å²) in [6.07, 6.45) is 3.61. The Morgan fingerprint density at radius 3 is 2.38 bits per heavy atom. The van der Waals surface area contributed by atoms with E-state index in [0.717, 1.165) is 39.2 Å². The largest absolute Gasteiger partial charge is 0.458 e. The quantitative estimate of drug-likeness (QED) is 0.183. The van der Waals surface area contributed by atoms with E-state index in [-0.39, 0.29) is 22.5 Å². The second kappa shape index (κ2) is 10.8. The zero-order valence-electron chi connectivity index (χ0n) is 21.1. The Kier molecular flexibility index (Phi) is 7.66. The number of hydrogen-bond acceptors (Lipinski definition) is 8. The number of halogens is 2. The molecule has 0 aromatic heterocycles. The zero-order chi connectivity index (χ0) is 28.3. The first-order valence-electron chi connectivity index (χ1n) is 13.2. The van der Waals surface area contributed by atoms with E-state index in [2.05, 4.69) is 45.2 Å². The van der Waals surface area contributed by atoms with E-state index in [1.54, 1.807) is 12.1 Å². The molecule has 9 nitrogen and oxygen atoms in total. The standard InChI is InChI=1S/C28H26I2O9S/c29-18-7-4-8-19(30)23(18)28(33)39-25-16-12-17-22(27(32)38-24(17)25)21(16)26(31)37-14-9-10-20(40(34,35)36)15(11-14)13-5-2-1-3-6-13/h4,7-11,13,16-17,21-22,24-25H,1-3,5-6,12H2,(H,34,35,36). The molecular formula is C28H26I2O9S. The number of fused-ring (bicyclic) bond motifs is 1. The Bertz CT molecular complexity index is 1480. The van der Waals surface area contributed by atoms with E-state index in [0.29, 0.717) is 17.5 Å². The molecule has 4 aliphatic rings. The Morgan fingerprint density at radius 2 is 1.70 bits per heavy atom. The lowest BCUT2D eigenvalue weighted by atomic mass is 9.78. The topological polar surface area (TPSA) is 133 Å². The Labute approximate surface area is 258 Å². The van der Waals surface area contributed by atoms with Crippen molar-refractivity contribution in [3.8, 4) is 5.75 Å². The van der Waals surface area contributed by atoms with Crippen molar-refractivity contribution in [1.29, 1.82) is 0 Å². The number of carbonyl (C=O) groups excluding carboxylic acids is 3. The smallest absolute Gasteiger partial charge is 0.340 e. The number of benzene rings is 2. The zero-order valence-corrected chi connectivity index (χ0v) is 26.3. The lowest BCUT2D eigenvalue weighted by molar-refractivity contribution is -0.149. The maximum atomic E-state index is 13.6. The van der Waals surface area contributed by atoms with E-state index < -0.39 is 58.0 Å². The first-order valence-corrected chi connectivity index (χ1v) is 16.8. The van der Waals surface area contributed by atoms with Crippen molar-refractivity contribution >= 4 is 73.2 Å². The number of hydrogen-bond donors (Lipinski definition) is 1. The van der Waals surface area contributed by atoms with Crippen molar-refractivity contribution in [3.05, 3.63) is 54.7 Å². The van der Waals surface area contributed by atoms with Crippen LogP contribution < -0.4 is 4.74 Å². The monoisotopic (exact) mass is 792 g/mol. The van der Waals surface area contributed by atoms with E-state index in [1.807, 2.05) is 6.07 Å². The predicted octanol–water partition coefficient (Wildman–Crippen LogP) is 5.13. The van der Waals surface area contributed by atoms with Gasteiger partial charge in [0.15, 0.2) is 0 Å². The second-order valence-corrected chi connectivity index (χ2v) is 14.6. The van der Waals surface area contributed by atoms with Crippen LogP contribution in [-0.4, -0.2) is 43.1 Å². The molecule has 4 fully saturated rings. The minimum absolute atomic E-state index is 0.0789. The van der Waals surface area contributed by atoms with Gasteiger partial charge in [-0.15, -0.1) is 0 Å². The van der Waals surface area contributed by atoms with Crippen LogP contribution in [0.25, 0.3) is 0 Å². The fraction of sp³-hybridized carbons (Fsp3) is 0.464. The van der Waals surface area contributed by atoms with Crippen LogP contribution in [0.5, 0.6) is 5.75 Å². The fourth-order valence-corrected chi connectivity index (χ4v) is 9.80. The first kappa shape index (κ1) is 28.3. The van der Waals surface area contributed by atoms with Gasteiger partial charge < -0.3 is 14.2 Å². The molecule has 6 unspecified atom stereocenters. The molecule has 6 atom stereocenters. The van der Waals surface area contributed by atoms with E-state index >= 15 is 0 Å². The Morgan fingerprint density at radius 1 is 1.00 bits per heavy atom. The average molecular weight is 792 g/mol. The summed E-state index contributed by atoms with van der Waals surface area (Å²) < 4.78 is 52.7. The summed E-state index contributed by atoms with van der Waals surface area (Å²) in [6, 6.07) is 9.57. The van der Waals surface area contributed by atoms with Gasteiger partial charge in [0.25, 0.3) is 10.1 Å². The second-order valence-electron chi connectivity index (χ2n) is 10.9. The molecular weight excluding hydrogens is 766 g/mol. The van der Waals surface area contributed by atoms with Gasteiger partial charge in [-0.05, 0) is 106 Å². The molecule has 1 aliphatic heterocycles. The van der Waals surface area contributed by atoms with Gasteiger partial charge in [-0.25, -0.2) is 4.79 Å². The van der Waals surface area contributed by atoms with Crippen molar-refractivity contribution in [2.24, 2.45) is 23.7 Å². The first-order chi connectivity index (χ1) is 19.0. The lowest BCUT2D eigenvalue weighted by Crippen LogP contribution is -2.44. The molecule has 0 radical (unpaired) electrons. The summed E-state index contributed by atoms with van der Waals surface area (Å²) >= 11 is 4.14. The summed E-state index contributed by atoms with van der Waals surface area (Å²) in [4.78, 5) is 39.4. The van der Waals surface area contributed by atoms with Gasteiger partial charge in [-0.1, -0.05) is 25.3 Å². The van der Waals surface area contributed by atoms with Crippen LogP contribution in [0.3, 0.4) is 0 Å². The summed E-state index contributed by atoms with van der Waals surface area (Å²) in [7, 11) is -4.46. The van der Waals surface area contributed by atoms with E-state index in [9.17, 15) is 27.4 Å². The maximum Gasteiger partial charge on any atom is 0.340 e. The summed E-state index contributed by atoms with van der Waals surface area (Å²) in [5, 5.41) is 0. The Hall–Kier alpha value is -1.78. The molecule has 1 saturated heterocycles. The molecule has 1 heterocycles. The highest BCUT2D eigenvalue weighted by molar-refractivity contribution is 14.1. The third-order valence-corrected chi connectivity index (χ3v) is 11.5. The fourth-order valence-electron chi connectivity index (χ4n) is 7.09. The van der Waals surface area contributed by atoms with Gasteiger partial charge >= 0.3 is 17.9 Å². The minimum Gasteiger partial charge on any atom is -0.458 e. The third-order valence-electron chi connectivity index (χ3n) is 8.75. The van der Waals surface area contributed by atoms with Gasteiger partial charge in [-0.3, -0.25) is 14.1 Å². The molecule has 212 valence electrons. The van der Waals surface area contributed by atoms with Crippen LogP contribution in [-0.2, 0) is 29.2 Å².